The molecule has 0 spiro atoms. The molecule has 0 aromatic rings. The molecule has 0 aliphatic carbocycles. The topological polar surface area (TPSA) is 27.7 Å². The second-order valence-electron chi connectivity index (χ2n) is 5.13. The predicted octanol–water partition coefficient (Wildman–Crippen LogP) is 0.696. The first-order valence-electron chi connectivity index (χ1n) is 6.58. The van der Waals surface area contributed by atoms with Crippen LogP contribution in [-0.2, 0) is 4.74 Å². The quantitative estimate of drug-likeness (QED) is 0.768. The molecule has 2 aliphatic heterocycles. The van der Waals surface area contributed by atoms with Crippen molar-refractivity contribution in [3.8, 4) is 0 Å². The fourth-order valence-electron chi connectivity index (χ4n) is 2.50. The van der Waals surface area contributed by atoms with Gasteiger partial charge in [-0.3, -0.25) is 5.43 Å². The SMILES string of the molecule is CC(C)N1CCC(NN2CCOCC2)CC1. The van der Waals surface area contributed by atoms with Crippen LogP contribution in [0.25, 0.3) is 0 Å². The first kappa shape index (κ1) is 12.3. The summed E-state index contributed by atoms with van der Waals surface area (Å²) in [7, 11) is 0. The van der Waals surface area contributed by atoms with Crippen molar-refractivity contribution in [2.45, 2.75) is 38.8 Å². The Morgan fingerprint density at radius 2 is 1.69 bits per heavy atom. The van der Waals surface area contributed by atoms with Gasteiger partial charge in [0, 0.05) is 25.2 Å². The van der Waals surface area contributed by atoms with Crippen LogP contribution in [0.5, 0.6) is 0 Å². The lowest BCUT2D eigenvalue weighted by Crippen LogP contribution is -2.53. The number of piperidine rings is 1. The Balaban J connectivity index is 1.68. The van der Waals surface area contributed by atoms with E-state index in [1.165, 1.54) is 25.9 Å². The van der Waals surface area contributed by atoms with Crippen molar-refractivity contribution in [1.82, 2.24) is 15.3 Å². The van der Waals surface area contributed by atoms with Gasteiger partial charge in [0.15, 0.2) is 0 Å². The van der Waals surface area contributed by atoms with Crippen LogP contribution in [0.3, 0.4) is 0 Å². The van der Waals surface area contributed by atoms with Crippen molar-refractivity contribution in [3.05, 3.63) is 0 Å². The minimum Gasteiger partial charge on any atom is -0.379 e. The Kier molecular flexibility index (Phi) is 4.58. The van der Waals surface area contributed by atoms with E-state index in [0.29, 0.717) is 12.1 Å². The van der Waals surface area contributed by atoms with E-state index < -0.39 is 0 Å². The van der Waals surface area contributed by atoms with Gasteiger partial charge in [-0.1, -0.05) is 0 Å². The van der Waals surface area contributed by atoms with E-state index in [4.69, 9.17) is 4.74 Å². The van der Waals surface area contributed by atoms with Crippen molar-refractivity contribution in [1.29, 1.82) is 0 Å². The number of nitrogens with zero attached hydrogens (tertiary/aromatic N) is 2. The van der Waals surface area contributed by atoms with Gasteiger partial charge in [-0.05, 0) is 39.8 Å². The molecule has 2 saturated heterocycles. The lowest BCUT2D eigenvalue weighted by Gasteiger charge is -2.38. The molecule has 94 valence electrons. The van der Waals surface area contributed by atoms with Crippen molar-refractivity contribution in [2.75, 3.05) is 39.4 Å². The van der Waals surface area contributed by atoms with Crippen LogP contribution >= 0.6 is 0 Å². The second kappa shape index (κ2) is 5.96. The standard InChI is InChI=1S/C12H25N3O/c1-11(2)14-5-3-12(4-6-14)13-15-7-9-16-10-8-15/h11-13H,3-10H2,1-2H3. The van der Waals surface area contributed by atoms with Crippen LogP contribution < -0.4 is 5.43 Å². The van der Waals surface area contributed by atoms with E-state index in [1.54, 1.807) is 0 Å². The molecule has 0 amide bonds. The summed E-state index contributed by atoms with van der Waals surface area (Å²) in [6, 6.07) is 1.37. The molecule has 2 heterocycles. The average molecular weight is 227 g/mol. The van der Waals surface area contributed by atoms with E-state index in [1.807, 2.05) is 0 Å². The summed E-state index contributed by atoms with van der Waals surface area (Å²) < 4.78 is 5.35. The maximum absolute atomic E-state index is 5.35. The number of hydrogen-bond acceptors (Lipinski definition) is 4. The Bertz CT molecular complexity index is 196. The minimum atomic E-state index is 0.674. The summed E-state index contributed by atoms with van der Waals surface area (Å²) in [5.41, 5.74) is 3.64. The highest BCUT2D eigenvalue weighted by Gasteiger charge is 2.22. The lowest BCUT2D eigenvalue weighted by molar-refractivity contribution is -0.00385. The van der Waals surface area contributed by atoms with Crippen molar-refractivity contribution >= 4 is 0 Å². The van der Waals surface area contributed by atoms with Gasteiger partial charge in [-0.2, -0.15) is 0 Å². The van der Waals surface area contributed by atoms with Gasteiger partial charge < -0.3 is 9.64 Å². The maximum Gasteiger partial charge on any atom is 0.0608 e. The van der Waals surface area contributed by atoms with E-state index in [9.17, 15) is 0 Å². The number of ether oxygens (including phenoxy) is 1. The van der Waals surface area contributed by atoms with Gasteiger partial charge in [0.1, 0.15) is 0 Å². The van der Waals surface area contributed by atoms with Crippen LogP contribution in [0.4, 0.5) is 0 Å². The van der Waals surface area contributed by atoms with E-state index >= 15 is 0 Å². The lowest BCUT2D eigenvalue weighted by atomic mass is 10.0. The summed E-state index contributed by atoms with van der Waals surface area (Å²) in [4.78, 5) is 2.57. The molecule has 0 atom stereocenters. The summed E-state index contributed by atoms with van der Waals surface area (Å²) in [5.74, 6) is 0. The molecule has 0 bridgehead atoms. The molecule has 0 unspecified atom stereocenters. The molecule has 0 aromatic carbocycles. The van der Waals surface area contributed by atoms with Crippen LogP contribution in [0.2, 0.25) is 0 Å². The van der Waals surface area contributed by atoms with Gasteiger partial charge in [0.2, 0.25) is 0 Å². The zero-order valence-electron chi connectivity index (χ0n) is 10.6. The second-order valence-corrected chi connectivity index (χ2v) is 5.13. The smallest absolute Gasteiger partial charge is 0.0608 e. The van der Waals surface area contributed by atoms with Crippen LogP contribution in [0, 0.1) is 0 Å². The molecule has 16 heavy (non-hydrogen) atoms. The minimum absolute atomic E-state index is 0.674. The first-order valence-corrected chi connectivity index (χ1v) is 6.58. The summed E-state index contributed by atoms with van der Waals surface area (Å²) in [6.07, 6.45) is 2.55. The Hall–Kier alpha value is -0.160. The molecule has 4 heteroatoms. The third-order valence-electron chi connectivity index (χ3n) is 3.64. The molecule has 4 nitrogen and oxygen atoms in total. The number of hydrazine groups is 1. The molecule has 1 N–H and O–H groups in total. The van der Waals surface area contributed by atoms with Crippen LogP contribution in [0.15, 0.2) is 0 Å². The number of likely N-dealkylation sites (tertiary alicyclic amines) is 1. The fraction of sp³-hybridized carbons (Fsp3) is 1.00. The zero-order valence-corrected chi connectivity index (χ0v) is 10.6. The van der Waals surface area contributed by atoms with Gasteiger partial charge in [0.25, 0.3) is 0 Å². The van der Waals surface area contributed by atoms with Gasteiger partial charge in [-0.15, -0.1) is 0 Å². The van der Waals surface area contributed by atoms with Gasteiger partial charge in [0.05, 0.1) is 13.2 Å². The highest BCUT2D eigenvalue weighted by atomic mass is 16.5. The Labute approximate surface area is 98.9 Å². The molecule has 0 radical (unpaired) electrons. The molecular formula is C12H25N3O. The largest absolute Gasteiger partial charge is 0.379 e. The third-order valence-corrected chi connectivity index (χ3v) is 3.64. The highest BCUT2D eigenvalue weighted by molar-refractivity contribution is 4.78. The van der Waals surface area contributed by atoms with E-state index in [0.717, 1.165) is 26.3 Å². The average Bonchev–Trinajstić information content (AvgIpc) is 2.31. The monoisotopic (exact) mass is 227 g/mol. The number of rotatable bonds is 3. The molecule has 2 fully saturated rings. The third kappa shape index (κ3) is 3.42. The molecule has 0 saturated carbocycles. The first-order chi connectivity index (χ1) is 7.75. The molecular weight excluding hydrogens is 202 g/mol. The summed E-state index contributed by atoms with van der Waals surface area (Å²) in [6.45, 7) is 10.9. The van der Waals surface area contributed by atoms with Crippen molar-refractivity contribution in [2.24, 2.45) is 0 Å². The number of morpholine rings is 1. The summed E-state index contributed by atoms with van der Waals surface area (Å²) >= 11 is 0. The fourth-order valence-corrected chi connectivity index (χ4v) is 2.50. The van der Waals surface area contributed by atoms with Crippen molar-refractivity contribution in [3.63, 3.8) is 0 Å². The van der Waals surface area contributed by atoms with Crippen LogP contribution in [-0.4, -0.2) is 61.4 Å². The molecule has 2 aliphatic rings. The highest BCUT2D eigenvalue weighted by Crippen LogP contribution is 2.13. The predicted molar refractivity (Wildman–Crippen MR) is 65.3 cm³/mol. The number of hydrogen-bond donors (Lipinski definition) is 1. The molecule has 2 rings (SSSR count). The Morgan fingerprint density at radius 3 is 2.25 bits per heavy atom. The van der Waals surface area contributed by atoms with E-state index in [2.05, 4.69) is 29.2 Å². The van der Waals surface area contributed by atoms with E-state index in [-0.39, 0.29) is 0 Å². The summed E-state index contributed by atoms with van der Waals surface area (Å²) in [5, 5.41) is 2.33. The van der Waals surface area contributed by atoms with Gasteiger partial charge >= 0.3 is 0 Å². The zero-order chi connectivity index (χ0) is 11.4. The maximum atomic E-state index is 5.35. The van der Waals surface area contributed by atoms with Crippen LogP contribution in [0.1, 0.15) is 26.7 Å². The van der Waals surface area contributed by atoms with Gasteiger partial charge in [-0.25, -0.2) is 5.01 Å². The number of nitrogens with one attached hydrogen (secondary N) is 1. The normalized spacial score (nSPS) is 26.4. The molecule has 0 aromatic heterocycles. The van der Waals surface area contributed by atoms with Crippen molar-refractivity contribution < 1.29 is 4.74 Å². The Morgan fingerprint density at radius 1 is 1.06 bits per heavy atom.